The summed E-state index contributed by atoms with van der Waals surface area (Å²) in [5.74, 6) is -0.407. The summed E-state index contributed by atoms with van der Waals surface area (Å²) in [6.45, 7) is 6.19. The van der Waals surface area contributed by atoms with Crippen molar-refractivity contribution in [3.63, 3.8) is 0 Å². The highest BCUT2D eigenvalue weighted by Crippen LogP contribution is 2.52. The molecular formula is C27H33F2N3O6S. The van der Waals surface area contributed by atoms with E-state index in [1.807, 2.05) is 43.5 Å². The Kier molecular flexibility index (Phi) is 6.43. The van der Waals surface area contributed by atoms with Crippen LogP contribution in [0.15, 0.2) is 42.5 Å². The van der Waals surface area contributed by atoms with Gasteiger partial charge in [-0.05, 0) is 54.8 Å². The number of rotatable bonds is 8. The third kappa shape index (κ3) is 5.59. The van der Waals surface area contributed by atoms with Crippen molar-refractivity contribution in [2.45, 2.75) is 63.4 Å². The molecule has 1 atom stereocenters. The molecule has 1 aliphatic heterocycles. The summed E-state index contributed by atoms with van der Waals surface area (Å²) < 4.78 is 63.1. The first kappa shape index (κ1) is 27.4. The lowest BCUT2D eigenvalue weighted by Crippen LogP contribution is -2.34. The first-order valence-corrected chi connectivity index (χ1v) is 14.4. The minimum Gasteiger partial charge on any atom is -0.395 e. The second kappa shape index (κ2) is 9.17. The lowest BCUT2D eigenvalue weighted by Gasteiger charge is -2.24. The number of benzene rings is 2. The molecule has 1 aliphatic carbocycles. The number of aliphatic hydroxyl groups excluding tert-OH is 1. The summed E-state index contributed by atoms with van der Waals surface area (Å²) in [7, 11) is -3.44. The smallest absolute Gasteiger partial charge is 0.395 e. The molecule has 2 aliphatic rings. The van der Waals surface area contributed by atoms with Crippen LogP contribution in [0.5, 0.6) is 11.5 Å². The summed E-state index contributed by atoms with van der Waals surface area (Å²) >= 11 is 0. The van der Waals surface area contributed by atoms with Crippen LogP contribution in [0.1, 0.15) is 46.3 Å². The molecule has 3 aromatic rings. The highest BCUT2D eigenvalue weighted by atomic mass is 32.2. The third-order valence-corrected chi connectivity index (χ3v) is 7.73. The Bertz CT molecular complexity index is 1560. The molecule has 0 bridgehead atoms. The molecule has 1 aromatic heterocycles. The van der Waals surface area contributed by atoms with E-state index in [-0.39, 0.29) is 37.3 Å². The molecule has 2 heterocycles. The number of amides is 1. The van der Waals surface area contributed by atoms with Gasteiger partial charge in [0.2, 0.25) is 15.9 Å². The quantitative estimate of drug-likeness (QED) is 0.379. The molecule has 12 heteroatoms. The van der Waals surface area contributed by atoms with Crippen molar-refractivity contribution in [1.29, 1.82) is 0 Å². The minimum absolute atomic E-state index is 0. The Labute approximate surface area is 226 Å². The molecule has 5 rings (SSSR count). The maximum absolute atomic E-state index is 13.4. The van der Waals surface area contributed by atoms with E-state index in [2.05, 4.69) is 19.5 Å². The van der Waals surface area contributed by atoms with Crippen molar-refractivity contribution in [3.05, 3.63) is 53.7 Å². The van der Waals surface area contributed by atoms with Gasteiger partial charge in [0.1, 0.15) is 0 Å². The number of sulfonamides is 1. The van der Waals surface area contributed by atoms with E-state index in [0.29, 0.717) is 24.1 Å². The Balaban J connectivity index is 0.00000370. The van der Waals surface area contributed by atoms with Crippen LogP contribution in [-0.2, 0) is 32.2 Å². The predicted octanol–water partition coefficient (Wildman–Crippen LogP) is 4.09. The third-order valence-electron chi connectivity index (χ3n) is 7.04. The second-order valence-electron chi connectivity index (χ2n) is 11.3. The molecule has 0 radical (unpaired) electrons. The van der Waals surface area contributed by atoms with Gasteiger partial charge in [-0.3, -0.25) is 4.79 Å². The highest BCUT2D eigenvalue weighted by molar-refractivity contribution is 7.88. The predicted molar refractivity (Wildman–Crippen MR) is 144 cm³/mol. The van der Waals surface area contributed by atoms with E-state index >= 15 is 0 Å². The summed E-state index contributed by atoms with van der Waals surface area (Å²) in [5, 5.41) is 14.3. The van der Waals surface area contributed by atoms with Crippen LogP contribution in [0.25, 0.3) is 10.9 Å². The molecule has 1 amide bonds. The average Bonchev–Trinajstić information content (AvgIpc) is 3.46. The van der Waals surface area contributed by atoms with Crippen LogP contribution in [0.2, 0.25) is 0 Å². The van der Waals surface area contributed by atoms with Gasteiger partial charge in [-0.25, -0.2) is 13.1 Å². The number of fused-ring (bicyclic) bond motifs is 2. The lowest BCUT2D eigenvalue weighted by molar-refractivity contribution is -0.286. The number of nitrogens with zero attached hydrogens (tertiary/aromatic N) is 1. The molecule has 0 unspecified atom stereocenters. The second-order valence-corrected chi connectivity index (χ2v) is 13.1. The van der Waals surface area contributed by atoms with E-state index in [1.165, 1.54) is 12.1 Å². The van der Waals surface area contributed by atoms with Gasteiger partial charge >= 0.3 is 6.29 Å². The molecule has 3 N–H and O–H groups in total. The minimum atomic E-state index is -3.72. The number of aliphatic hydroxyl groups is 1. The van der Waals surface area contributed by atoms with Crippen LogP contribution in [0.3, 0.4) is 0 Å². The largest absolute Gasteiger partial charge is 0.586 e. The van der Waals surface area contributed by atoms with Gasteiger partial charge < -0.3 is 24.5 Å². The average molecular weight is 566 g/mol. The van der Waals surface area contributed by atoms with Gasteiger partial charge in [0, 0.05) is 35.7 Å². The van der Waals surface area contributed by atoms with Crippen LogP contribution in [-0.4, -0.2) is 49.2 Å². The first-order valence-electron chi connectivity index (χ1n) is 12.5. The van der Waals surface area contributed by atoms with Gasteiger partial charge in [-0.1, -0.05) is 26.8 Å². The summed E-state index contributed by atoms with van der Waals surface area (Å²) in [4.78, 5) is 13.4. The number of halogens is 2. The number of hydrogen-bond acceptors (Lipinski definition) is 6. The van der Waals surface area contributed by atoms with E-state index in [0.717, 1.165) is 22.9 Å². The van der Waals surface area contributed by atoms with E-state index in [4.69, 9.17) is 0 Å². The number of anilines is 1. The van der Waals surface area contributed by atoms with Gasteiger partial charge in [0.05, 0.1) is 24.3 Å². The number of hydrogen-bond donors (Lipinski definition) is 3. The van der Waals surface area contributed by atoms with E-state index in [1.54, 1.807) is 12.1 Å². The van der Waals surface area contributed by atoms with Crippen molar-refractivity contribution in [2.75, 3.05) is 18.1 Å². The number of nitrogens with one attached hydrogen (secondary N) is 2. The Morgan fingerprint density at radius 2 is 1.82 bits per heavy atom. The number of alkyl halides is 2. The van der Waals surface area contributed by atoms with Crippen LogP contribution in [0.4, 0.5) is 14.5 Å². The number of aromatic nitrogens is 1. The molecule has 0 spiro atoms. The molecule has 1 fully saturated rings. The molecule has 9 nitrogen and oxygen atoms in total. The van der Waals surface area contributed by atoms with Crippen LogP contribution < -0.4 is 19.5 Å². The van der Waals surface area contributed by atoms with Gasteiger partial charge in [-0.15, -0.1) is 8.78 Å². The summed E-state index contributed by atoms with van der Waals surface area (Å²) in [6.07, 6.45) is -2.50. The molecule has 1 saturated carbocycles. The van der Waals surface area contributed by atoms with Crippen molar-refractivity contribution in [1.82, 2.24) is 9.29 Å². The molecular weight excluding hydrogens is 532 g/mol. The Hall–Kier alpha value is -3.22. The number of ether oxygens (including phenoxy) is 2. The van der Waals surface area contributed by atoms with Gasteiger partial charge in [0.15, 0.2) is 11.5 Å². The Morgan fingerprint density at radius 3 is 2.46 bits per heavy atom. The van der Waals surface area contributed by atoms with Crippen LogP contribution >= 0.6 is 0 Å². The molecule has 0 saturated heterocycles. The van der Waals surface area contributed by atoms with E-state index < -0.39 is 27.8 Å². The number of carbonyl (C=O) groups is 1. The van der Waals surface area contributed by atoms with E-state index in [9.17, 15) is 27.1 Å². The first-order chi connectivity index (χ1) is 18.1. The monoisotopic (exact) mass is 565 g/mol. The van der Waals surface area contributed by atoms with Crippen molar-refractivity contribution >= 4 is 32.5 Å². The fraction of sp³-hybridized carbons (Fsp3) is 0.444. The molecule has 2 aromatic carbocycles. The fourth-order valence-electron chi connectivity index (χ4n) is 4.96. The maximum atomic E-state index is 13.4. The zero-order chi connectivity index (χ0) is 28.4. The maximum Gasteiger partial charge on any atom is 0.586 e. The summed E-state index contributed by atoms with van der Waals surface area (Å²) in [6, 6.07) is 11.9. The molecule has 212 valence electrons. The van der Waals surface area contributed by atoms with Gasteiger partial charge in [-0.2, -0.15) is 0 Å². The van der Waals surface area contributed by atoms with Crippen molar-refractivity contribution in [3.8, 4) is 11.5 Å². The van der Waals surface area contributed by atoms with Crippen molar-refractivity contribution < 1.29 is 38.0 Å². The normalized spacial score (nSPS) is 18.2. The summed E-state index contributed by atoms with van der Waals surface area (Å²) in [5.41, 5.74) is 1.80. The zero-order valence-electron chi connectivity index (χ0n) is 22.0. The zero-order valence-corrected chi connectivity index (χ0v) is 22.9. The van der Waals surface area contributed by atoms with Crippen LogP contribution in [0, 0.1) is 0 Å². The Morgan fingerprint density at radius 1 is 1.13 bits per heavy atom. The molecule has 39 heavy (non-hydrogen) atoms. The lowest BCUT2D eigenvalue weighted by atomic mass is 9.92. The topological polar surface area (TPSA) is 119 Å². The fourth-order valence-corrected chi connectivity index (χ4v) is 5.45. The van der Waals surface area contributed by atoms with Gasteiger partial charge in [0.25, 0.3) is 0 Å². The van der Waals surface area contributed by atoms with Crippen molar-refractivity contribution in [2.24, 2.45) is 0 Å². The standard InChI is InChI=1S/C27H31F2N3O6S.H2/c1-25(2,3)23-12-16-11-18(6-7-20(16)32(23)15-19(33)14-30-39(4,35)36)31-24(34)26(9-10-26)17-5-8-21-22(13-17)38-27(28,29)37-21;/h5-8,11-13,19,30,33H,9-10,14-15H2,1-4H3,(H,31,34);1H/t19-;/m0./s1. The SMILES string of the molecule is CC(C)(C)c1cc2cc(NC(=O)C3(c4ccc5c(c4)OC(F)(F)O5)CC3)ccc2n1C[C@@H](O)CNS(C)(=O)=O.[HH]. The number of carbonyl (C=O) groups excluding carboxylic acids is 1. The highest BCUT2D eigenvalue weighted by Gasteiger charge is 2.52.